The number of nitrogens with zero attached hydrogens (tertiary/aromatic N) is 3. The Bertz CT molecular complexity index is 1380. The molecule has 0 bridgehead atoms. The van der Waals surface area contributed by atoms with Gasteiger partial charge in [-0.25, -0.2) is 18.7 Å². The molecule has 33 heavy (non-hydrogen) atoms. The van der Waals surface area contributed by atoms with E-state index in [9.17, 15) is 13.6 Å². The third-order valence-corrected chi connectivity index (χ3v) is 5.39. The standard InChI is InChI=1S/C24H20F2N6O/c1-14-12-27-23(31-22(14)29-18-6-7-19-17(10-18)13-28-32-19)16-4-2-3-15(9-16)5-8-21(33)30-20-11-24(20,25)26/h2-10,12-13,20H,11H2,1H3,(H,28,32)(H,30,33)(H,27,29,31)/b8-5+. The van der Waals surface area contributed by atoms with Crippen molar-refractivity contribution in [3.63, 3.8) is 0 Å². The first-order valence-corrected chi connectivity index (χ1v) is 10.4. The quantitative estimate of drug-likeness (QED) is 0.376. The Morgan fingerprint density at radius 2 is 2.06 bits per heavy atom. The van der Waals surface area contributed by atoms with E-state index in [1.54, 1.807) is 18.5 Å². The number of fused-ring (bicyclic) bond motifs is 1. The number of hydrogen-bond acceptors (Lipinski definition) is 5. The number of alkyl halides is 2. The molecule has 1 unspecified atom stereocenters. The molecule has 3 N–H and O–H groups in total. The maximum absolute atomic E-state index is 13.0. The minimum absolute atomic E-state index is 0.306. The van der Waals surface area contributed by atoms with E-state index in [2.05, 4.69) is 30.8 Å². The van der Waals surface area contributed by atoms with Crippen molar-refractivity contribution in [3.05, 3.63) is 72.1 Å². The Morgan fingerprint density at radius 1 is 1.21 bits per heavy atom. The van der Waals surface area contributed by atoms with E-state index in [4.69, 9.17) is 0 Å². The van der Waals surface area contributed by atoms with Crippen LogP contribution in [0.4, 0.5) is 20.3 Å². The summed E-state index contributed by atoms with van der Waals surface area (Å²) < 4.78 is 25.9. The molecule has 1 aliphatic rings. The van der Waals surface area contributed by atoms with Gasteiger partial charge in [0.1, 0.15) is 5.82 Å². The number of rotatable bonds is 6. The number of aryl methyl sites for hydroxylation is 1. The topological polar surface area (TPSA) is 95.6 Å². The first kappa shape index (κ1) is 20.7. The fourth-order valence-corrected chi connectivity index (χ4v) is 3.41. The largest absolute Gasteiger partial charge is 0.344 e. The second kappa shape index (κ2) is 8.09. The molecule has 0 saturated heterocycles. The molecule has 7 nitrogen and oxygen atoms in total. The van der Waals surface area contributed by atoms with Crippen LogP contribution in [0.15, 0.2) is 60.9 Å². The molecule has 2 aromatic carbocycles. The van der Waals surface area contributed by atoms with Crippen LogP contribution in [-0.4, -0.2) is 38.0 Å². The lowest BCUT2D eigenvalue weighted by molar-refractivity contribution is -0.117. The van der Waals surface area contributed by atoms with Crippen LogP contribution in [0, 0.1) is 6.92 Å². The zero-order chi connectivity index (χ0) is 23.0. The lowest BCUT2D eigenvalue weighted by Gasteiger charge is -2.10. The van der Waals surface area contributed by atoms with Crippen molar-refractivity contribution in [2.75, 3.05) is 5.32 Å². The number of amides is 1. The number of aromatic amines is 1. The molecule has 0 spiro atoms. The Labute approximate surface area is 188 Å². The summed E-state index contributed by atoms with van der Waals surface area (Å²) in [6.07, 6.45) is 6.02. The van der Waals surface area contributed by atoms with Gasteiger partial charge in [-0.3, -0.25) is 9.89 Å². The van der Waals surface area contributed by atoms with Gasteiger partial charge in [0, 0.05) is 40.9 Å². The van der Waals surface area contributed by atoms with Crippen LogP contribution in [0.5, 0.6) is 0 Å². The van der Waals surface area contributed by atoms with Crippen molar-refractivity contribution < 1.29 is 13.6 Å². The molecule has 0 aliphatic heterocycles. The van der Waals surface area contributed by atoms with Crippen molar-refractivity contribution in [1.82, 2.24) is 25.5 Å². The SMILES string of the molecule is Cc1cnc(-c2cccc(/C=C/C(=O)NC3CC3(F)F)c2)nc1Nc1ccc2[nH]ncc2c1. The Morgan fingerprint density at radius 3 is 2.88 bits per heavy atom. The third kappa shape index (κ3) is 4.57. The number of carbonyl (C=O) groups excluding carboxylic acids is 1. The summed E-state index contributed by atoms with van der Waals surface area (Å²) in [6, 6.07) is 12.1. The number of aromatic nitrogens is 4. The number of nitrogens with one attached hydrogen (secondary N) is 3. The average Bonchev–Trinajstić information content (AvgIpc) is 3.17. The first-order valence-electron chi connectivity index (χ1n) is 10.4. The summed E-state index contributed by atoms with van der Waals surface area (Å²) in [4.78, 5) is 21.0. The predicted molar refractivity (Wildman–Crippen MR) is 122 cm³/mol. The van der Waals surface area contributed by atoms with Crippen LogP contribution in [0.3, 0.4) is 0 Å². The number of benzene rings is 2. The highest BCUT2D eigenvalue weighted by atomic mass is 19.3. The third-order valence-electron chi connectivity index (χ3n) is 5.39. The van der Waals surface area contributed by atoms with Gasteiger partial charge in [-0.05, 0) is 42.8 Å². The molecule has 2 aromatic heterocycles. The maximum atomic E-state index is 13.0. The number of carbonyl (C=O) groups is 1. The van der Waals surface area contributed by atoms with E-state index in [0.29, 0.717) is 11.6 Å². The number of H-pyrrole nitrogens is 1. The first-order chi connectivity index (χ1) is 15.9. The molecular formula is C24H20F2N6O. The second-order valence-electron chi connectivity index (χ2n) is 8.01. The van der Waals surface area contributed by atoms with Crippen LogP contribution < -0.4 is 10.6 Å². The molecule has 1 atom stereocenters. The Kier molecular flexibility index (Phi) is 5.08. The summed E-state index contributed by atoms with van der Waals surface area (Å²) in [5.74, 6) is -2.14. The number of anilines is 2. The van der Waals surface area contributed by atoms with E-state index in [0.717, 1.165) is 33.3 Å². The van der Waals surface area contributed by atoms with Gasteiger partial charge in [-0.15, -0.1) is 0 Å². The minimum Gasteiger partial charge on any atom is -0.344 e. The molecule has 166 valence electrons. The van der Waals surface area contributed by atoms with Crippen LogP contribution in [0.2, 0.25) is 0 Å². The summed E-state index contributed by atoms with van der Waals surface area (Å²) in [5, 5.41) is 13.6. The van der Waals surface area contributed by atoms with Crippen molar-refractivity contribution in [3.8, 4) is 11.4 Å². The van der Waals surface area contributed by atoms with Gasteiger partial charge in [-0.2, -0.15) is 5.10 Å². The highest BCUT2D eigenvalue weighted by Crippen LogP contribution is 2.41. The summed E-state index contributed by atoms with van der Waals surface area (Å²) >= 11 is 0. The zero-order valence-electron chi connectivity index (χ0n) is 17.6. The van der Waals surface area contributed by atoms with Crippen LogP contribution in [-0.2, 0) is 4.79 Å². The highest BCUT2D eigenvalue weighted by molar-refractivity contribution is 5.92. The molecule has 1 amide bonds. The van der Waals surface area contributed by atoms with Crippen molar-refractivity contribution in [2.24, 2.45) is 0 Å². The minimum atomic E-state index is -2.79. The number of halogens is 2. The van der Waals surface area contributed by atoms with E-state index in [1.165, 1.54) is 6.08 Å². The zero-order valence-corrected chi connectivity index (χ0v) is 17.6. The molecule has 1 aliphatic carbocycles. The average molecular weight is 446 g/mol. The van der Waals surface area contributed by atoms with Gasteiger partial charge in [0.05, 0.1) is 17.8 Å². The molecule has 2 heterocycles. The highest BCUT2D eigenvalue weighted by Gasteiger charge is 2.57. The van der Waals surface area contributed by atoms with Gasteiger partial charge in [-0.1, -0.05) is 18.2 Å². The maximum Gasteiger partial charge on any atom is 0.270 e. The fraction of sp³-hybridized carbons (Fsp3) is 0.167. The lowest BCUT2D eigenvalue weighted by atomic mass is 10.1. The molecule has 4 aromatic rings. The second-order valence-corrected chi connectivity index (χ2v) is 8.01. The van der Waals surface area contributed by atoms with E-state index in [-0.39, 0.29) is 6.42 Å². The molecule has 0 radical (unpaired) electrons. The Hall–Kier alpha value is -4.14. The molecular weight excluding hydrogens is 426 g/mol. The summed E-state index contributed by atoms with van der Waals surface area (Å²) in [6.45, 7) is 1.92. The van der Waals surface area contributed by atoms with Crippen molar-refractivity contribution in [2.45, 2.75) is 25.3 Å². The molecule has 5 rings (SSSR count). The summed E-state index contributed by atoms with van der Waals surface area (Å²) in [7, 11) is 0. The van der Waals surface area contributed by atoms with Crippen molar-refractivity contribution >= 4 is 34.4 Å². The van der Waals surface area contributed by atoms with E-state index in [1.807, 2.05) is 49.4 Å². The van der Waals surface area contributed by atoms with E-state index < -0.39 is 17.9 Å². The van der Waals surface area contributed by atoms with Gasteiger partial charge < -0.3 is 10.6 Å². The lowest BCUT2D eigenvalue weighted by Crippen LogP contribution is -2.27. The van der Waals surface area contributed by atoms with Crippen molar-refractivity contribution in [1.29, 1.82) is 0 Å². The monoisotopic (exact) mass is 446 g/mol. The fourth-order valence-electron chi connectivity index (χ4n) is 3.41. The van der Waals surface area contributed by atoms with Crippen LogP contribution in [0.25, 0.3) is 28.4 Å². The smallest absolute Gasteiger partial charge is 0.270 e. The van der Waals surface area contributed by atoms with E-state index >= 15 is 0 Å². The summed E-state index contributed by atoms with van der Waals surface area (Å²) in [5.41, 5.74) is 4.20. The van der Waals surface area contributed by atoms with Gasteiger partial charge in [0.25, 0.3) is 5.92 Å². The van der Waals surface area contributed by atoms with Gasteiger partial charge >= 0.3 is 0 Å². The Balaban J connectivity index is 1.34. The number of hydrogen-bond donors (Lipinski definition) is 3. The predicted octanol–water partition coefficient (Wildman–Crippen LogP) is 4.61. The van der Waals surface area contributed by atoms with Gasteiger partial charge in [0.15, 0.2) is 5.82 Å². The molecule has 9 heteroatoms. The van der Waals surface area contributed by atoms with Crippen LogP contribution in [0.1, 0.15) is 17.5 Å². The normalized spacial score (nSPS) is 16.8. The van der Waals surface area contributed by atoms with Gasteiger partial charge in [0.2, 0.25) is 5.91 Å². The van der Waals surface area contributed by atoms with Crippen LogP contribution >= 0.6 is 0 Å². The molecule has 1 saturated carbocycles. The molecule has 1 fully saturated rings.